The third-order valence-electron chi connectivity index (χ3n) is 2.78. The molecule has 18 heavy (non-hydrogen) atoms. The van der Waals surface area contributed by atoms with Gasteiger partial charge in [0, 0.05) is 5.56 Å². The predicted octanol–water partition coefficient (Wildman–Crippen LogP) is 4.19. The van der Waals surface area contributed by atoms with Crippen molar-refractivity contribution in [1.29, 1.82) is 0 Å². The molecule has 0 aliphatic heterocycles. The topological polar surface area (TPSA) is 25.2 Å². The molecule has 0 radical (unpaired) electrons. The van der Waals surface area contributed by atoms with E-state index in [1.54, 1.807) is 12.3 Å². The van der Waals surface area contributed by atoms with Crippen LogP contribution in [0.25, 0.3) is 0 Å². The van der Waals surface area contributed by atoms with Crippen LogP contribution in [0.15, 0.2) is 39.4 Å². The van der Waals surface area contributed by atoms with Gasteiger partial charge in [-0.3, -0.25) is 0 Å². The van der Waals surface area contributed by atoms with Crippen LogP contribution in [0, 0.1) is 12.7 Å². The monoisotopic (exact) mass is 311 g/mol. The van der Waals surface area contributed by atoms with Gasteiger partial charge in [-0.05, 0) is 41.5 Å². The van der Waals surface area contributed by atoms with Crippen LogP contribution in [-0.2, 0) is 0 Å². The van der Waals surface area contributed by atoms with E-state index in [-0.39, 0.29) is 11.9 Å². The third-order valence-corrected chi connectivity index (χ3v) is 3.43. The Morgan fingerprint density at radius 3 is 2.78 bits per heavy atom. The first-order chi connectivity index (χ1) is 8.63. The Kier molecular flexibility index (Phi) is 4.19. The molecule has 1 unspecified atom stereocenters. The highest BCUT2D eigenvalue weighted by molar-refractivity contribution is 9.10. The Morgan fingerprint density at radius 2 is 2.17 bits per heavy atom. The zero-order chi connectivity index (χ0) is 13.1. The summed E-state index contributed by atoms with van der Waals surface area (Å²) in [5, 5.41) is 3.25. The van der Waals surface area contributed by atoms with Crippen molar-refractivity contribution >= 4 is 15.9 Å². The van der Waals surface area contributed by atoms with E-state index in [9.17, 15) is 4.39 Å². The van der Waals surface area contributed by atoms with Gasteiger partial charge in [-0.25, -0.2) is 4.39 Å². The zero-order valence-corrected chi connectivity index (χ0v) is 11.9. The Hall–Kier alpha value is -1.13. The summed E-state index contributed by atoms with van der Waals surface area (Å²) in [5.74, 6) is 0.469. The van der Waals surface area contributed by atoms with Crippen molar-refractivity contribution in [3.8, 4) is 0 Å². The number of furan rings is 1. The van der Waals surface area contributed by atoms with Gasteiger partial charge < -0.3 is 9.73 Å². The molecule has 1 aromatic heterocycles. The maximum atomic E-state index is 14.0. The first kappa shape index (κ1) is 13.3. The van der Waals surface area contributed by atoms with Crippen LogP contribution in [0.5, 0.6) is 0 Å². The molecule has 0 saturated carbocycles. The third kappa shape index (κ3) is 2.65. The van der Waals surface area contributed by atoms with E-state index in [2.05, 4.69) is 21.2 Å². The number of benzene rings is 1. The van der Waals surface area contributed by atoms with E-state index in [1.807, 2.05) is 26.0 Å². The van der Waals surface area contributed by atoms with Crippen molar-refractivity contribution in [2.45, 2.75) is 19.9 Å². The maximum absolute atomic E-state index is 14.0. The van der Waals surface area contributed by atoms with Gasteiger partial charge >= 0.3 is 0 Å². The van der Waals surface area contributed by atoms with Crippen molar-refractivity contribution in [2.75, 3.05) is 6.54 Å². The quantitative estimate of drug-likeness (QED) is 0.916. The molecule has 0 saturated heterocycles. The van der Waals surface area contributed by atoms with Crippen LogP contribution >= 0.6 is 15.9 Å². The lowest BCUT2D eigenvalue weighted by Gasteiger charge is -2.18. The minimum atomic E-state index is -0.278. The Balaban J connectivity index is 2.48. The number of hydrogen-bond donors (Lipinski definition) is 1. The van der Waals surface area contributed by atoms with Gasteiger partial charge in [0.2, 0.25) is 0 Å². The van der Waals surface area contributed by atoms with E-state index in [0.29, 0.717) is 11.3 Å². The summed E-state index contributed by atoms with van der Waals surface area (Å²) in [4.78, 5) is 0. The average molecular weight is 312 g/mol. The van der Waals surface area contributed by atoms with Gasteiger partial charge in [0.15, 0.2) is 0 Å². The molecule has 1 heterocycles. The summed E-state index contributed by atoms with van der Waals surface area (Å²) in [6.45, 7) is 4.66. The fraction of sp³-hybridized carbons (Fsp3) is 0.286. The fourth-order valence-corrected chi connectivity index (χ4v) is 2.37. The van der Waals surface area contributed by atoms with Crippen LogP contribution < -0.4 is 5.32 Å². The van der Waals surface area contributed by atoms with Gasteiger partial charge in [0.25, 0.3) is 0 Å². The lowest BCUT2D eigenvalue weighted by molar-refractivity contribution is 0.439. The highest BCUT2D eigenvalue weighted by Gasteiger charge is 2.22. The van der Waals surface area contributed by atoms with E-state index in [0.717, 1.165) is 16.6 Å². The van der Waals surface area contributed by atoms with Crippen molar-refractivity contribution < 1.29 is 8.81 Å². The smallest absolute Gasteiger partial charge is 0.139 e. The van der Waals surface area contributed by atoms with E-state index in [1.165, 1.54) is 6.07 Å². The zero-order valence-electron chi connectivity index (χ0n) is 10.3. The number of nitrogens with one attached hydrogen (secondary N) is 1. The van der Waals surface area contributed by atoms with Gasteiger partial charge in [0.05, 0.1) is 16.8 Å². The molecular weight excluding hydrogens is 297 g/mol. The standard InChI is InChI=1S/C14H15BrFNO/c1-3-17-13(14-11(15)6-7-18-14)10-8-9(2)4-5-12(10)16/h4-8,13,17H,3H2,1-2H3. The molecule has 0 amide bonds. The first-order valence-corrected chi connectivity index (χ1v) is 6.65. The molecule has 2 aromatic rings. The highest BCUT2D eigenvalue weighted by atomic mass is 79.9. The van der Waals surface area contributed by atoms with Gasteiger partial charge in [0.1, 0.15) is 11.6 Å². The molecule has 0 aliphatic rings. The minimum Gasteiger partial charge on any atom is -0.466 e. The molecule has 0 fully saturated rings. The van der Waals surface area contributed by atoms with Crippen molar-refractivity contribution in [3.63, 3.8) is 0 Å². The second kappa shape index (κ2) is 5.67. The molecule has 96 valence electrons. The van der Waals surface area contributed by atoms with Crippen molar-refractivity contribution in [2.24, 2.45) is 0 Å². The van der Waals surface area contributed by atoms with Crippen LogP contribution in [0.3, 0.4) is 0 Å². The molecule has 1 aromatic carbocycles. The largest absolute Gasteiger partial charge is 0.466 e. The second-order valence-electron chi connectivity index (χ2n) is 4.15. The molecule has 0 bridgehead atoms. The fourth-order valence-electron chi connectivity index (χ4n) is 1.94. The molecular formula is C14H15BrFNO. The summed E-state index contributed by atoms with van der Waals surface area (Å²) in [5.41, 5.74) is 1.63. The Bertz CT molecular complexity index is 538. The summed E-state index contributed by atoms with van der Waals surface area (Å²) >= 11 is 3.42. The number of aryl methyl sites for hydroxylation is 1. The predicted molar refractivity (Wildman–Crippen MR) is 73.1 cm³/mol. The average Bonchev–Trinajstić information content (AvgIpc) is 2.76. The molecule has 0 aliphatic carbocycles. The minimum absolute atomic E-state index is 0.227. The lowest BCUT2D eigenvalue weighted by atomic mass is 10.0. The van der Waals surface area contributed by atoms with E-state index >= 15 is 0 Å². The molecule has 1 N–H and O–H groups in total. The van der Waals surface area contributed by atoms with Crippen LogP contribution in [0.2, 0.25) is 0 Å². The van der Waals surface area contributed by atoms with Gasteiger partial charge in [-0.1, -0.05) is 24.6 Å². The maximum Gasteiger partial charge on any atom is 0.139 e. The molecule has 1 atom stereocenters. The lowest BCUT2D eigenvalue weighted by Crippen LogP contribution is -2.23. The molecule has 0 spiro atoms. The van der Waals surface area contributed by atoms with Crippen molar-refractivity contribution in [1.82, 2.24) is 5.32 Å². The first-order valence-electron chi connectivity index (χ1n) is 5.85. The van der Waals surface area contributed by atoms with Crippen LogP contribution in [0.1, 0.15) is 29.9 Å². The van der Waals surface area contributed by atoms with E-state index in [4.69, 9.17) is 4.42 Å². The normalized spacial score (nSPS) is 12.7. The Morgan fingerprint density at radius 1 is 1.39 bits per heavy atom. The van der Waals surface area contributed by atoms with E-state index < -0.39 is 0 Å². The number of hydrogen-bond acceptors (Lipinski definition) is 2. The van der Waals surface area contributed by atoms with Gasteiger partial charge in [-0.15, -0.1) is 0 Å². The molecule has 4 heteroatoms. The summed E-state index contributed by atoms with van der Waals surface area (Å²) in [7, 11) is 0. The van der Waals surface area contributed by atoms with Crippen LogP contribution in [-0.4, -0.2) is 6.54 Å². The number of halogens is 2. The summed E-state index contributed by atoms with van der Waals surface area (Å²) in [6.07, 6.45) is 1.59. The van der Waals surface area contributed by atoms with Crippen LogP contribution in [0.4, 0.5) is 4.39 Å². The SMILES string of the molecule is CCNC(c1cc(C)ccc1F)c1occc1Br. The van der Waals surface area contributed by atoms with Crippen molar-refractivity contribution in [3.05, 3.63) is 57.7 Å². The second-order valence-corrected chi connectivity index (χ2v) is 5.00. The highest BCUT2D eigenvalue weighted by Crippen LogP contribution is 2.31. The molecule has 2 nitrogen and oxygen atoms in total. The van der Waals surface area contributed by atoms with Gasteiger partial charge in [-0.2, -0.15) is 0 Å². The summed E-state index contributed by atoms with van der Waals surface area (Å²) in [6, 6.07) is 6.63. The Labute approximate surface area is 114 Å². The molecule has 2 rings (SSSR count). The number of rotatable bonds is 4. The summed E-state index contributed by atoms with van der Waals surface area (Å²) < 4.78 is 20.3.